The average Bonchev–Trinajstić information content (AvgIpc) is 2.14. The van der Waals surface area contributed by atoms with E-state index < -0.39 is 0 Å². The fourth-order valence-electron chi connectivity index (χ4n) is 1.50. The van der Waals surface area contributed by atoms with E-state index in [0.29, 0.717) is 5.56 Å². The Kier molecular flexibility index (Phi) is 4.48. The molecule has 0 spiro atoms. The van der Waals surface area contributed by atoms with E-state index in [0.717, 1.165) is 16.5 Å². The first-order valence-corrected chi connectivity index (χ1v) is 5.60. The van der Waals surface area contributed by atoms with Crippen molar-refractivity contribution in [2.75, 3.05) is 7.05 Å². The molecule has 0 aliphatic carbocycles. The van der Waals surface area contributed by atoms with Gasteiger partial charge in [0.25, 0.3) is 0 Å². The highest BCUT2D eigenvalue weighted by atomic mass is 79.9. The van der Waals surface area contributed by atoms with Gasteiger partial charge in [0.2, 0.25) is 0 Å². The Morgan fingerprint density at radius 2 is 2.27 bits per heavy atom. The van der Waals surface area contributed by atoms with Crippen LogP contribution in [0.5, 0.6) is 0 Å². The maximum Gasteiger partial charge on any atom is 0.129 e. The van der Waals surface area contributed by atoms with Crippen molar-refractivity contribution in [2.45, 2.75) is 19.4 Å². The largest absolute Gasteiger partial charge is 0.313 e. The van der Waals surface area contributed by atoms with Crippen LogP contribution in [0.1, 0.15) is 24.9 Å². The number of hydrogen-bond acceptors (Lipinski definition) is 1. The van der Waals surface area contributed by atoms with Crippen molar-refractivity contribution in [1.82, 2.24) is 5.32 Å². The summed E-state index contributed by atoms with van der Waals surface area (Å²) in [5.41, 5.74) is 1.72. The second kappa shape index (κ2) is 5.42. The van der Waals surface area contributed by atoms with Gasteiger partial charge in [0.05, 0.1) is 0 Å². The van der Waals surface area contributed by atoms with Crippen LogP contribution in [0.2, 0.25) is 0 Å². The molecule has 0 fully saturated rings. The van der Waals surface area contributed by atoms with Crippen LogP contribution < -0.4 is 5.32 Å². The molecular formula is C12H15BrFN. The van der Waals surface area contributed by atoms with Gasteiger partial charge in [-0.25, -0.2) is 4.39 Å². The molecule has 1 aromatic rings. The molecule has 0 aliphatic heterocycles. The van der Waals surface area contributed by atoms with Gasteiger partial charge in [-0.05, 0) is 32.5 Å². The maximum atomic E-state index is 13.6. The molecule has 0 aromatic heterocycles. The Hall–Kier alpha value is -0.670. The van der Waals surface area contributed by atoms with Gasteiger partial charge in [-0.1, -0.05) is 27.6 Å². The lowest BCUT2D eigenvalue weighted by Gasteiger charge is -2.17. The molecular weight excluding hydrogens is 257 g/mol. The van der Waals surface area contributed by atoms with Crippen LogP contribution in [-0.2, 0) is 0 Å². The number of rotatable bonds is 4. The van der Waals surface area contributed by atoms with Crippen LogP contribution in [0.3, 0.4) is 0 Å². The van der Waals surface area contributed by atoms with Crippen molar-refractivity contribution in [1.29, 1.82) is 0 Å². The highest BCUT2D eigenvalue weighted by Crippen LogP contribution is 2.24. The summed E-state index contributed by atoms with van der Waals surface area (Å²) in [6.07, 6.45) is 0.745. The minimum atomic E-state index is -0.190. The van der Waals surface area contributed by atoms with Crippen LogP contribution in [0.4, 0.5) is 4.39 Å². The topological polar surface area (TPSA) is 12.0 Å². The molecule has 1 unspecified atom stereocenters. The van der Waals surface area contributed by atoms with Crippen LogP contribution >= 0.6 is 15.9 Å². The van der Waals surface area contributed by atoms with Gasteiger partial charge >= 0.3 is 0 Å². The third-order valence-electron chi connectivity index (χ3n) is 2.24. The number of halogens is 2. The minimum Gasteiger partial charge on any atom is -0.313 e. The molecule has 0 radical (unpaired) electrons. The van der Waals surface area contributed by atoms with Gasteiger partial charge in [0.1, 0.15) is 5.82 Å². The van der Waals surface area contributed by atoms with Crippen molar-refractivity contribution in [3.05, 3.63) is 46.2 Å². The Balaban J connectivity index is 2.96. The zero-order chi connectivity index (χ0) is 11.4. The predicted molar refractivity (Wildman–Crippen MR) is 65.3 cm³/mol. The van der Waals surface area contributed by atoms with Crippen molar-refractivity contribution >= 4 is 15.9 Å². The molecule has 1 aromatic carbocycles. The van der Waals surface area contributed by atoms with Gasteiger partial charge in [-0.15, -0.1) is 6.58 Å². The summed E-state index contributed by atoms with van der Waals surface area (Å²) >= 11 is 3.24. The van der Waals surface area contributed by atoms with Gasteiger partial charge in [0, 0.05) is 16.1 Å². The summed E-state index contributed by atoms with van der Waals surface area (Å²) in [4.78, 5) is 0. The van der Waals surface area contributed by atoms with Crippen molar-refractivity contribution < 1.29 is 4.39 Å². The smallest absolute Gasteiger partial charge is 0.129 e. The normalized spacial score (nSPS) is 12.5. The van der Waals surface area contributed by atoms with E-state index in [1.54, 1.807) is 6.07 Å². The quantitative estimate of drug-likeness (QED) is 0.822. The Labute approximate surface area is 98.5 Å². The van der Waals surface area contributed by atoms with Crippen LogP contribution in [0.15, 0.2) is 34.8 Å². The summed E-state index contributed by atoms with van der Waals surface area (Å²) in [5, 5.41) is 3.09. The van der Waals surface area contributed by atoms with Crippen molar-refractivity contribution in [3.8, 4) is 0 Å². The lowest BCUT2D eigenvalue weighted by Crippen LogP contribution is -2.17. The Morgan fingerprint density at radius 3 is 2.73 bits per heavy atom. The first-order chi connectivity index (χ1) is 7.04. The third kappa shape index (κ3) is 3.43. The van der Waals surface area contributed by atoms with E-state index in [4.69, 9.17) is 0 Å². The highest BCUT2D eigenvalue weighted by Gasteiger charge is 2.13. The Bertz CT molecular complexity index is 363. The second-order valence-corrected chi connectivity index (χ2v) is 4.58. The summed E-state index contributed by atoms with van der Waals surface area (Å²) < 4.78 is 14.4. The minimum absolute atomic E-state index is 0.00407. The van der Waals surface area contributed by atoms with E-state index in [1.807, 2.05) is 20.0 Å². The maximum absolute atomic E-state index is 13.6. The molecule has 15 heavy (non-hydrogen) atoms. The number of nitrogens with one attached hydrogen (secondary N) is 1. The lowest BCUT2D eigenvalue weighted by molar-refractivity contribution is 0.532. The monoisotopic (exact) mass is 271 g/mol. The first kappa shape index (κ1) is 12.4. The molecule has 1 N–H and O–H groups in total. The van der Waals surface area contributed by atoms with Crippen LogP contribution in [-0.4, -0.2) is 7.05 Å². The SMILES string of the molecule is C=C(C)CC(NC)c1ccc(Br)cc1F. The summed E-state index contributed by atoms with van der Waals surface area (Å²) in [6.45, 7) is 5.79. The summed E-state index contributed by atoms with van der Waals surface area (Å²) in [5.74, 6) is -0.190. The second-order valence-electron chi connectivity index (χ2n) is 3.67. The molecule has 0 bridgehead atoms. The molecule has 0 saturated carbocycles. The molecule has 0 aliphatic rings. The fourth-order valence-corrected chi connectivity index (χ4v) is 1.83. The standard InChI is InChI=1S/C12H15BrFN/c1-8(2)6-12(15-3)10-5-4-9(13)7-11(10)14/h4-5,7,12,15H,1,6H2,2-3H3. The molecule has 1 rings (SSSR count). The van der Waals surface area contributed by atoms with Crippen LogP contribution in [0, 0.1) is 5.82 Å². The summed E-state index contributed by atoms with van der Waals surface area (Å²) in [7, 11) is 1.83. The van der Waals surface area contributed by atoms with E-state index >= 15 is 0 Å². The first-order valence-electron chi connectivity index (χ1n) is 4.81. The average molecular weight is 272 g/mol. The molecule has 1 nitrogen and oxygen atoms in total. The van der Waals surface area contributed by atoms with Gasteiger partial charge in [-0.3, -0.25) is 0 Å². The van der Waals surface area contributed by atoms with E-state index in [-0.39, 0.29) is 11.9 Å². The molecule has 0 amide bonds. The zero-order valence-corrected chi connectivity index (χ0v) is 10.6. The van der Waals surface area contributed by atoms with E-state index in [2.05, 4.69) is 27.8 Å². The molecule has 0 heterocycles. The van der Waals surface area contributed by atoms with E-state index in [1.165, 1.54) is 6.07 Å². The lowest BCUT2D eigenvalue weighted by atomic mass is 10.00. The Morgan fingerprint density at radius 1 is 1.60 bits per heavy atom. The van der Waals surface area contributed by atoms with Gasteiger partial charge in [-0.2, -0.15) is 0 Å². The predicted octanol–water partition coefficient (Wildman–Crippen LogP) is 3.81. The van der Waals surface area contributed by atoms with Crippen molar-refractivity contribution in [2.24, 2.45) is 0 Å². The van der Waals surface area contributed by atoms with Crippen molar-refractivity contribution in [3.63, 3.8) is 0 Å². The molecule has 82 valence electrons. The third-order valence-corrected chi connectivity index (χ3v) is 2.73. The molecule has 0 saturated heterocycles. The number of hydrogen-bond donors (Lipinski definition) is 1. The molecule has 3 heteroatoms. The van der Waals surface area contributed by atoms with Gasteiger partial charge in [0.15, 0.2) is 0 Å². The van der Waals surface area contributed by atoms with Gasteiger partial charge < -0.3 is 5.32 Å². The van der Waals surface area contributed by atoms with E-state index in [9.17, 15) is 4.39 Å². The highest BCUT2D eigenvalue weighted by molar-refractivity contribution is 9.10. The summed E-state index contributed by atoms with van der Waals surface area (Å²) in [6, 6.07) is 5.12. The zero-order valence-electron chi connectivity index (χ0n) is 8.98. The number of benzene rings is 1. The molecule has 1 atom stereocenters. The van der Waals surface area contributed by atoms with Crippen LogP contribution in [0.25, 0.3) is 0 Å². The fraction of sp³-hybridized carbons (Fsp3) is 0.333.